The van der Waals surface area contributed by atoms with Crippen molar-refractivity contribution in [3.05, 3.63) is 59.2 Å². The largest absolute Gasteiger partial charge is 0.457 e. The Morgan fingerprint density at radius 2 is 1.83 bits per heavy atom. The van der Waals surface area contributed by atoms with Crippen molar-refractivity contribution in [1.29, 1.82) is 0 Å². The van der Waals surface area contributed by atoms with Crippen molar-refractivity contribution < 1.29 is 18.3 Å². The number of ether oxygens (including phenoxy) is 1. The van der Waals surface area contributed by atoms with Crippen LogP contribution in [0, 0.1) is 18.6 Å². The first kappa shape index (κ1) is 12.2. The summed E-state index contributed by atoms with van der Waals surface area (Å²) in [5.41, 5.74) is 1.25. The van der Waals surface area contributed by atoms with E-state index in [0.29, 0.717) is 17.6 Å². The highest BCUT2D eigenvalue weighted by Gasteiger charge is 2.06. The second kappa shape index (κ2) is 4.96. The fourth-order valence-corrected chi connectivity index (χ4v) is 1.47. The highest BCUT2D eigenvalue weighted by molar-refractivity contribution is 5.75. The molecule has 0 heterocycles. The van der Waals surface area contributed by atoms with Gasteiger partial charge in [0.05, 0.1) is 0 Å². The predicted octanol–water partition coefficient (Wildman–Crippen LogP) is 3.88. The second-order valence-electron chi connectivity index (χ2n) is 3.82. The number of carbonyl (C=O) groups excluding carboxylic acids is 1. The van der Waals surface area contributed by atoms with Gasteiger partial charge >= 0.3 is 0 Å². The molecule has 0 amide bonds. The predicted molar refractivity (Wildman–Crippen MR) is 63.0 cm³/mol. The number of hydrogen-bond donors (Lipinski definition) is 0. The van der Waals surface area contributed by atoms with Crippen molar-refractivity contribution in [3.63, 3.8) is 0 Å². The lowest BCUT2D eigenvalue weighted by molar-refractivity contribution is 0.112. The fourth-order valence-electron chi connectivity index (χ4n) is 1.47. The summed E-state index contributed by atoms with van der Waals surface area (Å²) < 4.78 is 31.2. The zero-order valence-electron chi connectivity index (χ0n) is 9.61. The smallest absolute Gasteiger partial charge is 0.162 e. The molecule has 0 unspecified atom stereocenters. The fraction of sp³-hybridized carbons (Fsp3) is 0.0714. The molecular formula is C14H10F2O2. The van der Waals surface area contributed by atoms with Gasteiger partial charge in [-0.05, 0) is 30.7 Å². The third kappa shape index (κ3) is 2.53. The number of benzene rings is 2. The van der Waals surface area contributed by atoms with E-state index in [1.165, 1.54) is 6.07 Å². The van der Waals surface area contributed by atoms with Crippen molar-refractivity contribution in [2.24, 2.45) is 0 Å². The highest BCUT2D eigenvalue weighted by Crippen LogP contribution is 2.26. The molecule has 0 N–H and O–H groups in total. The Labute approximate surface area is 103 Å². The van der Waals surface area contributed by atoms with Gasteiger partial charge in [0.25, 0.3) is 0 Å². The lowest BCUT2D eigenvalue weighted by atomic mass is 10.1. The number of halogens is 2. The summed E-state index contributed by atoms with van der Waals surface area (Å²) in [4.78, 5) is 10.7. The Hall–Kier alpha value is -2.23. The molecule has 2 nitrogen and oxygen atoms in total. The van der Waals surface area contributed by atoms with Crippen LogP contribution in [0.5, 0.6) is 11.5 Å². The van der Waals surface area contributed by atoms with E-state index in [0.717, 1.165) is 17.7 Å². The molecule has 0 saturated heterocycles. The van der Waals surface area contributed by atoms with E-state index in [4.69, 9.17) is 4.74 Å². The number of hydrogen-bond acceptors (Lipinski definition) is 2. The summed E-state index contributed by atoms with van der Waals surface area (Å²) in [7, 11) is 0. The minimum Gasteiger partial charge on any atom is -0.457 e. The van der Waals surface area contributed by atoms with Crippen LogP contribution in [0.4, 0.5) is 8.78 Å². The van der Waals surface area contributed by atoms with Gasteiger partial charge in [0, 0.05) is 11.6 Å². The van der Waals surface area contributed by atoms with Gasteiger partial charge in [-0.15, -0.1) is 0 Å². The zero-order valence-corrected chi connectivity index (χ0v) is 9.61. The standard InChI is InChI=1S/C14H10F2O2/c1-9-2-3-10(8-17)6-14(9)18-11-4-5-12(15)13(16)7-11/h2-8H,1H3. The van der Waals surface area contributed by atoms with Gasteiger partial charge in [-0.1, -0.05) is 12.1 Å². The molecule has 18 heavy (non-hydrogen) atoms. The summed E-state index contributed by atoms with van der Waals surface area (Å²) in [6.07, 6.45) is 0.692. The quantitative estimate of drug-likeness (QED) is 0.770. The molecular weight excluding hydrogens is 238 g/mol. The number of rotatable bonds is 3. The number of aryl methyl sites for hydroxylation is 1. The van der Waals surface area contributed by atoms with E-state index in [1.54, 1.807) is 25.1 Å². The molecule has 0 spiro atoms. The Morgan fingerprint density at radius 1 is 1.06 bits per heavy atom. The van der Waals surface area contributed by atoms with Crippen LogP contribution in [0.2, 0.25) is 0 Å². The van der Waals surface area contributed by atoms with Crippen LogP contribution in [0.3, 0.4) is 0 Å². The van der Waals surface area contributed by atoms with Crippen molar-refractivity contribution >= 4 is 6.29 Å². The molecule has 0 fully saturated rings. The topological polar surface area (TPSA) is 26.3 Å². The Kier molecular flexibility index (Phi) is 3.37. The molecule has 0 aliphatic heterocycles. The molecule has 2 aromatic rings. The van der Waals surface area contributed by atoms with E-state index in [1.807, 2.05) is 0 Å². The van der Waals surface area contributed by atoms with Gasteiger partial charge in [-0.3, -0.25) is 4.79 Å². The van der Waals surface area contributed by atoms with Gasteiger partial charge in [0.15, 0.2) is 11.6 Å². The highest BCUT2D eigenvalue weighted by atomic mass is 19.2. The minimum absolute atomic E-state index is 0.181. The number of aldehydes is 1. The average molecular weight is 248 g/mol. The Balaban J connectivity index is 2.33. The van der Waals surface area contributed by atoms with Gasteiger partial charge in [-0.25, -0.2) is 8.78 Å². The van der Waals surface area contributed by atoms with Crippen LogP contribution in [0.1, 0.15) is 15.9 Å². The summed E-state index contributed by atoms with van der Waals surface area (Å²) in [5.74, 6) is -1.29. The Morgan fingerprint density at radius 3 is 2.50 bits per heavy atom. The third-order valence-electron chi connectivity index (χ3n) is 2.47. The van der Waals surface area contributed by atoms with Crippen LogP contribution in [0.25, 0.3) is 0 Å². The lowest BCUT2D eigenvalue weighted by Gasteiger charge is -2.09. The SMILES string of the molecule is Cc1ccc(C=O)cc1Oc1ccc(F)c(F)c1. The van der Waals surface area contributed by atoms with Gasteiger partial charge in [-0.2, -0.15) is 0 Å². The van der Waals surface area contributed by atoms with Crippen LogP contribution in [0.15, 0.2) is 36.4 Å². The first-order chi connectivity index (χ1) is 8.60. The molecule has 4 heteroatoms. The maximum atomic E-state index is 13.0. The normalized spacial score (nSPS) is 10.2. The van der Waals surface area contributed by atoms with E-state index in [2.05, 4.69) is 0 Å². The van der Waals surface area contributed by atoms with Crippen LogP contribution < -0.4 is 4.74 Å². The second-order valence-corrected chi connectivity index (χ2v) is 3.82. The van der Waals surface area contributed by atoms with Crippen LogP contribution in [-0.2, 0) is 0 Å². The van der Waals surface area contributed by atoms with Crippen molar-refractivity contribution in [2.45, 2.75) is 6.92 Å². The monoisotopic (exact) mass is 248 g/mol. The van der Waals surface area contributed by atoms with Crippen molar-refractivity contribution in [2.75, 3.05) is 0 Å². The van der Waals surface area contributed by atoms with E-state index in [9.17, 15) is 13.6 Å². The first-order valence-electron chi connectivity index (χ1n) is 5.29. The van der Waals surface area contributed by atoms with Crippen LogP contribution in [-0.4, -0.2) is 6.29 Å². The molecule has 0 aromatic heterocycles. The molecule has 0 bridgehead atoms. The van der Waals surface area contributed by atoms with Gasteiger partial charge < -0.3 is 4.74 Å². The molecule has 2 rings (SSSR count). The third-order valence-corrected chi connectivity index (χ3v) is 2.47. The Bertz CT molecular complexity index is 594. The van der Waals surface area contributed by atoms with E-state index >= 15 is 0 Å². The molecule has 0 atom stereocenters. The average Bonchev–Trinajstić information content (AvgIpc) is 2.36. The van der Waals surface area contributed by atoms with Crippen molar-refractivity contribution in [3.8, 4) is 11.5 Å². The maximum Gasteiger partial charge on any atom is 0.162 e. The number of carbonyl (C=O) groups is 1. The maximum absolute atomic E-state index is 13.0. The summed E-state index contributed by atoms with van der Waals surface area (Å²) in [5, 5.41) is 0. The summed E-state index contributed by atoms with van der Waals surface area (Å²) >= 11 is 0. The van der Waals surface area contributed by atoms with Crippen molar-refractivity contribution in [1.82, 2.24) is 0 Å². The molecule has 2 aromatic carbocycles. The molecule has 92 valence electrons. The van der Waals surface area contributed by atoms with Gasteiger partial charge in [0.1, 0.15) is 17.8 Å². The molecule has 0 radical (unpaired) electrons. The summed E-state index contributed by atoms with van der Waals surface area (Å²) in [6, 6.07) is 8.19. The molecule has 0 aliphatic carbocycles. The minimum atomic E-state index is -0.975. The van der Waals surface area contributed by atoms with E-state index in [-0.39, 0.29) is 5.75 Å². The molecule has 0 saturated carbocycles. The van der Waals surface area contributed by atoms with E-state index < -0.39 is 11.6 Å². The van der Waals surface area contributed by atoms with Crippen LogP contribution >= 0.6 is 0 Å². The lowest BCUT2D eigenvalue weighted by Crippen LogP contribution is -1.91. The first-order valence-corrected chi connectivity index (χ1v) is 5.29. The van der Waals surface area contributed by atoms with Gasteiger partial charge in [0.2, 0.25) is 0 Å². The molecule has 0 aliphatic rings. The summed E-state index contributed by atoms with van der Waals surface area (Å²) in [6.45, 7) is 1.80. The zero-order chi connectivity index (χ0) is 13.1.